The molecule has 8 heavy (non-hydrogen) atoms. The minimum atomic E-state index is -1.42. The second-order valence-corrected chi connectivity index (χ2v) is 3.47. The fourth-order valence-corrected chi connectivity index (χ4v) is 1.83. The molecular weight excluding hydrogens is 119 g/mol. The molecule has 0 aromatic heterocycles. The molecule has 1 rings (SSSR count). The van der Waals surface area contributed by atoms with Gasteiger partial charge in [0.25, 0.3) is 0 Å². The summed E-state index contributed by atoms with van der Waals surface area (Å²) < 4.78 is 10.8. The van der Waals surface area contributed by atoms with E-state index in [4.69, 9.17) is 0 Å². The van der Waals surface area contributed by atoms with E-state index in [0.717, 1.165) is 11.7 Å². The van der Waals surface area contributed by atoms with Gasteiger partial charge in [0, 0.05) is 0 Å². The van der Waals surface area contributed by atoms with Crippen LogP contribution in [0.2, 0.25) is 0 Å². The van der Waals surface area contributed by atoms with E-state index in [2.05, 4.69) is 0 Å². The summed E-state index contributed by atoms with van der Waals surface area (Å²) in [5.41, 5.74) is 0. The first kappa shape index (κ1) is 5.84. The number of rotatable bonds is 1. The van der Waals surface area contributed by atoms with Crippen molar-refractivity contribution in [3.05, 3.63) is 23.3 Å². The van der Waals surface area contributed by atoms with Crippen molar-refractivity contribution in [1.82, 2.24) is 0 Å². The van der Waals surface area contributed by atoms with Crippen LogP contribution in [-0.4, -0.2) is 0 Å². The van der Waals surface area contributed by atoms with Crippen molar-refractivity contribution in [3.63, 3.8) is 0 Å². The Bertz CT molecular complexity index is 167. The lowest BCUT2D eigenvalue weighted by Gasteiger charge is -1.90. The molecule has 0 aromatic carbocycles. The zero-order chi connectivity index (χ0) is 5.98. The molecule has 0 radical (unpaired) electrons. The van der Waals surface area contributed by atoms with Crippen molar-refractivity contribution < 1.29 is 4.57 Å². The van der Waals surface area contributed by atoms with E-state index < -0.39 is 7.80 Å². The number of hydrogen-bond acceptors (Lipinski definition) is 1. The van der Waals surface area contributed by atoms with Gasteiger partial charge in [-0.2, -0.15) is 0 Å². The molecule has 44 valence electrons. The van der Waals surface area contributed by atoms with Crippen LogP contribution in [-0.2, 0) is 4.57 Å². The summed E-state index contributed by atoms with van der Waals surface area (Å²) >= 11 is 0. The fraction of sp³-hybridized carbons (Fsp3) is 0.333. The van der Waals surface area contributed by atoms with Crippen LogP contribution in [0.1, 0.15) is 13.3 Å². The predicted molar refractivity (Wildman–Crippen MR) is 36.5 cm³/mol. The van der Waals surface area contributed by atoms with E-state index in [1.165, 1.54) is 0 Å². The third-order valence-electron chi connectivity index (χ3n) is 1.24. The van der Waals surface area contributed by atoms with Crippen LogP contribution in [0, 0.1) is 0 Å². The molecule has 1 aliphatic rings. The molecule has 0 spiro atoms. The van der Waals surface area contributed by atoms with Gasteiger partial charge in [-0.05, 0) is 17.6 Å². The molecule has 1 aliphatic heterocycles. The molecule has 1 heterocycles. The van der Waals surface area contributed by atoms with Crippen molar-refractivity contribution in [2.75, 3.05) is 0 Å². The molecule has 1 atom stereocenters. The predicted octanol–water partition coefficient (Wildman–Crippen LogP) is 2.37. The van der Waals surface area contributed by atoms with Crippen molar-refractivity contribution in [2.45, 2.75) is 13.3 Å². The molecule has 1 unspecified atom stereocenters. The quantitative estimate of drug-likeness (QED) is 0.495. The van der Waals surface area contributed by atoms with Gasteiger partial charge in [0.15, 0.2) is 0 Å². The van der Waals surface area contributed by atoms with E-state index in [0.29, 0.717) is 0 Å². The average molecular weight is 128 g/mol. The molecule has 0 fully saturated rings. The van der Waals surface area contributed by atoms with Gasteiger partial charge in [-0.3, -0.25) is 0 Å². The summed E-state index contributed by atoms with van der Waals surface area (Å²) in [6.45, 7) is 2.03. The average Bonchev–Trinajstić information content (AvgIpc) is 2.14. The van der Waals surface area contributed by atoms with Crippen molar-refractivity contribution >= 4 is 7.80 Å². The summed E-state index contributed by atoms with van der Waals surface area (Å²) in [5.74, 6) is 1.78. The second-order valence-electron chi connectivity index (χ2n) is 1.77. The van der Waals surface area contributed by atoms with Crippen LogP contribution >= 0.6 is 7.80 Å². The lowest BCUT2D eigenvalue weighted by atomic mass is 10.4. The van der Waals surface area contributed by atoms with Gasteiger partial charge in [0.2, 0.25) is 0 Å². The molecule has 0 saturated heterocycles. The molecular formula is C6H9OP. The van der Waals surface area contributed by atoms with E-state index in [1.54, 1.807) is 5.82 Å². The molecule has 0 aromatic rings. The van der Waals surface area contributed by atoms with Crippen LogP contribution < -0.4 is 0 Å². The third-order valence-corrected chi connectivity index (χ3v) is 2.89. The van der Waals surface area contributed by atoms with Crippen molar-refractivity contribution in [3.8, 4) is 0 Å². The normalized spacial score (nSPS) is 26.1. The van der Waals surface area contributed by atoms with Crippen LogP contribution in [0.25, 0.3) is 0 Å². The topological polar surface area (TPSA) is 17.1 Å². The lowest BCUT2D eigenvalue weighted by Crippen LogP contribution is -1.62. The van der Waals surface area contributed by atoms with Crippen molar-refractivity contribution in [2.24, 2.45) is 0 Å². The van der Waals surface area contributed by atoms with Crippen LogP contribution in [0.15, 0.2) is 23.3 Å². The van der Waals surface area contributed by atoms with Gasteiger partial charge < -0.3 is 4.57 Å². The van der Waals surface area contributed by atoms with Crippen molar-refractivity contribution in [1.29, 1.82) is 0 Å². The van der Waals surface area contributed by atoms with Crippen LogP contribution in [0.4, 0.5) is 0 Å². The fourth-order valence-electron chi connectivity index (χ4n) is 0.733. The Morgan fingerprint density at radius 2 is 2.50 bits per heavy atom. The van der Waals surface area contributed by atoms with Gasteiger partial charge in [-0.15, -0.1) is 0 Å². The minimum Gasteiger partial charge on any atom is -0.318 e. The maximum atomic E-state index is 10.8. The van der Waals surface area contributed by atoms with E-state index in [1.807, 2.05) is 19.1 Å². The van der Waals surface area contributed by atoms with Gasteiger partial charge in [-0.25, -0.2) is 0 Å². The Kier molecular flexibility index (Phi) is 1.69. The minimum absolute atomic E-state index is 0.935. The van der Waals surface area contributed by atoms with Gasteiger partial charge in [0.1, 0.15) is 7.80 Å². The molecule has 0 bridgehead atoms. The molecule has 0 aliphatic carbocycles. The summed E-state index contributed by atoms with van der Waals surface area (Å²) in [5, 5.41) is 1.11. The monoisotopic (exact) mass is 128 g/mol. The maximum Gasteiger partial charge on any atom is 0.121 e. The molecule has 1 nitrogen and oxygen atoms in total. The standard InChI is InChI=1S/C6H9OP/c1-2-6-4-3-5-8(6)7/h3-5,8H,2H2,1H3. The Morgan fingerprint density at radius 1 is 1.75 bits per heavy atom. The van der Waals surface area contributed by atoms with E-state index >= 15 is 0 Å². The Balaban J connectivity index is 2.73. The molecule has 0 saturated carbocycles. The largest absolute Gasteiger partial charge is 0.318 e. The Hall–Kier alpha value is -0.290. The van der Waals surface area contributed by atoms with Gasteiger partial charge >= 0.3 is 0 Å². The van der Waals surface area contributed by atoms with E-state index in [9.17, 15) is 4.57 Å². The Labute approximate surface area is 49.9 Å². The number of hydrogen-bond donors (Lipinski definition) is 0. The molecule has 0 amide bonds. The first-order valence-electron chi connectivity index (χ1n) is 2.76. The first-order chi connectivity index (χ1) is 3.84. The second kappa shape index (κ2) is 2.32. The highest BCUT2D eigenvalue weighted by Gasteiger charge is 2.02. The summed E-state index contributed by atoms with van der Waals surface area (Å²) in [4.78, 5) is 0. The van der Waals surface area contributed by atoms with Gasteiger partial charge in [0.05, 0.1) is 0 Å². The smallest absolute Gasteiger partial charge is 0.121 e. The lowest BCUT2D eigenvalue weighted by molar-refractivity contribution is 0.595. The van der Waals surface area contributed by atoms with E-state index in [-0.39, 0.29) is 0 Å². The van der Waals surface area contributed by atoms with Gasteiger partial charge in [-0.1, -0.05) is 19.1 Å². The Morgan fingerprint density at radius 3 is 2.75 bits per heavy atom. The first-order valence-corrected chi connectivity index (χ1v) is 4.24. The van der Waals surface area contributed by atoms with Crippen LogP contribution in [0.5, 0.6) is 0 Å². The maximum absolute atomic E-state index is 10.8. The zero-order valence-corrected chi connectivity index (χ0v) is 5.85. The molecule has 2 heteroatoms. The zero-order valence-electron chi connectivity index (χ0n) is 4.85. The summed E-state index contributed by atoms with van der Waals surface area (Å²) in [6, 6.07) is 0. The highest BCUT2D eigenvalue weighted by molar-refractivity contribution is 7.53. The SMILES string of the molecule is CCC1=CC=C[PH]1=O. The summed E-state index contributed by atoms with van der Waals surface area (Å²) in [6.07, 6.45) is 4.76. The summed E-state index contributed by atoms with van der Waals surface area (Å²) in [7, 11) is -1.42. The number of allylic oxidation sites excluding steroid dienone is 3. The highest BCUT2D eigenvalue weighted by Crippen LogP contribution is 2.39. The third kappa shape index (κ3) is 0.924. The highest BCUT2D eigenvalue weighted by atomic mass is 31.1. The van der Waals surface area contributed by atoms with Crippen LogP contribution in [0.3, 0.4) is 0 Å². The molecule has 0 N–H and O–H groups in total.